The minimum Gasteiger partial charge on any atom is -0.441 e. The number of imide groups is 2. The Morgan fingerprint density at radius 1 is 0.691 bits per heavy atom. The maximum Gasteiger partial charge on any atom is 0.340 e. The molecule has 5 heterocycles. The van der Waals surface area contributed by atoms with E-state index in [9.17, 15) is 28.8 Å². The van der Waals surface area contributed by atoms with E-state index >= 15 is 0 Å². The van der Waals surface area contributed by atoms with Crippen LogP contribution in [0.5, 0.6) is 0 Å². The van der Waals surface area contributed by atoms with Gasteiger partial charge in [-0.2, -0.15) is 0 Å². The van der Waals surface area contributed by atoms with Gasteiger partial charge in [0.1, 0.15) is 8.07 Å². The first kappa shape index (κ1) is 36.5. The smallest absolute Gasteiger partial charge is 0.340 e. The Morgan fingerprint density at radius 2 is 1.16 bits per heavy atom. The number of esters is 1. The molecule has 12 nitrogen and oxygen atoms in total. The van der Waals surface area contributed by atoms with Gasteiger partial charge in [0.2, 0.25) is 5.91 Å². The van der Waals surface area contributed by atoms with E-state index in [-0.39, 0.29) is 29.2 Å². The number of primary amides is 1. The van der Waals surface area contributed by atoms with Crippen molar-refractivity contribution in [3.05, 3.63) is 118 Å². The molecular weight excluding hydrogens is 715 g/mol. The summed E-state index contributed by atoms with van der Waals surface area (Å²) in [7, 11) is 4.73. The minimum absolute atomic E-state index is 0.257. The predicted octanol–water partition coefficient (Wildman–Crippen LogP) is 2.02. The summed E-state index contributed by atoms with van der Waals surface area (Å²) in [5.74, 6) is -2.56. The lowest BCUT2D eigenvalue weighted by Crippen LogP contribution is -2.67. The molecule has 2 N–H and O–H groups in total. The van der Waals surface area contributed by atoms with Crippen LogP contribution in [0, 0.1) is 0 Å². The predicted molar refractivity (Wildman–Crippen MR) is 206 cm³/mol. The Balaban J connectivity index is 1.34. The molecule has 1 saturated heterocycles. The molecule has 2 spiro atoms. The Bertz CT molecular complexity index is 2130. The molecule has 0 bridgehead atoms. The highest BCUT2D eigenvalue weighted by molar-refractivity contribution is 7.03. The fourth-order valence-electron chi connectivity index (χ4n) is 9.49. The van der Waals surface area contributed by atoms with Crippen LogP contribution in [-0.2, 0) is 42.4 Å². The molecule has 8 rings (SSSR count). The molecule has 13 heteroatoms. The van der Waals surface area contributed by atoms with E-state index in [0.29, 0.717) is 24.0 Å². The van der Waals surface area contributed by atoms with Gasteiger partial charge < -0.3 is 10.5 Å². The summed E-state index contributed by atoms with van der Waals surface area (Å²) in [6.07, 6.45) is 7.99. The zero-order valence-electron chi connectivity index (χ0n) is 31.3. The van der Waals surface area contributed by atoms with Gasteiger partial charge in [-0.3, -0.25) is 43.6 Å². The minimum atomic E-state index is -2.65. The van der Waals surface area contributed by atoms with Gasteiger partial charge in [0, 0.05) is 59.4 Å². The van der Waals surface area contributed by atoms with E-state index in [1.165, 1.54) is 34.1 Å². The van der Waals surface area contributed by atoms with Crippen molar-refractivity contribution in [1.82, 2.24) is 19.6 Å². The maximum atomic E-state index is 13.9. The molecule has 0 aliphatic carbocycles. The zero-order chi connectivity index (χ0) is 39.0. The quantitative estimate of drug-likeness (QED) is 0.197. The van der Waals surface area contributed by atoms with Gasteiger partial charge in [0.05, 0.1) is 17.9 Å². The lowest BCUT2D eigenvalue weighted by atomic mass is 9.78. The van der Waals surface area contributed by atoms with Crippen molar-refractivity contribution in [2.45, 2.75) is 62.1 Å². The topological polar surface area (TPSA) is 151 Å². The van der Waals surface area contributed by atoms with Crippen molar-refractivity contribution in [3.63, 3.8) is 0 Å². The average molecular weight is 758 g/mol. The first-order chi connectivity index (χ1) is 26.3. The van der Waals surface area contributed by atoms with Crippen molar-refractivity contribution in [2.75, 3.05) is 28.2 Å². The van der Waals surface area contributed by atoms with Crippen LogP contribution in [0.15, 0.2) is 78.9 Å². The lowest BCUT2D eigenvalue weighted by Gasteiger charge is -2.48. The third kappa shape index (κ3) is 5.63. The molecule has 55 heavy (non-hydrogen) atoms. The van der Waals surface area contributed by atoms with Crippen molar-refractivity contribution in [1.29, 1.82) is 0 Å². The fourth-order valence-corrected chi connectivity index (χ4v) is 15.3. The highest BCUT2D eigenvalue weighted by Gasteiger charge is 2.58. The van der Waals surface area contributed by atoms with E-state index in [2.05, 4.69) is 12.1 Å². The number of fused-ring (bicyclic) bond motifs is 8. The Labute approximate surface area is 320 Å². The van der Waals surface area contributed by atoms with Crippen molar-refractivity contribution >= 4 is 54.0 Å². The Hall–Kier alpha value is -5.50. The Kier molecular flexibility index (Phi) is 8.86. The van der Waals surface area contributed by atoms with Gasteiger partial charge in [-0.25, -0.2) is 4.79 Å². The Morgan fingerprint density at radius 3 is 1.60 bits per heavy atom. The van der Waals surface area contributed by atoms with Gasteiger partial charge in [0.15, 0.2) is 5.60 Å². The second kappa shape index (κ2) is 13.4. The molecule has 5 aliphatic rings. The number of benzene rings is 3. The maximum absolute atomic E-state index is 13.9. The van der Waals surface area contributed by atoms with Crippen LogP contribution in [0.3, 0.4) is 0 Å². The molecule has 0 aromatic heterocycles. The lowest BCUT2D eigenvalue weighted by molar-refractivity contribution is -0.144. The van der Waals surface area contributed by atoms with Gasteiger partial charge in [-0.15, -0.1) is 0 Å². The van der Waals surface area contributed by atoms with Crippen LogP contribution in [0.1, 0.15) is 67.8 Å². The highest BCUT2D eigenvalue weighted by Crippen LogP contribution is 2.51. The van der Waals surface area contributed by atoms with Crippen LogP contribution < -0.4 is 16.1 Å². The number of hydrogen-bond donors (Lipinski definition) is 1. The molecule has 5 amide bonds. The van der Waals surface area contributed by atoms with Crippen LogP contribution in [0.2, 0.25) is 12.1 Å². The molecule has 0 radical (unpaired) electrons. The molecular formula is C42H43N5O7Si. The number of carbonyl (C=O) groups is 6. The SMILES string of the molecule is CN(C)C(Cc1ccc2c(c1)[Si]1(CCCCC1)c1cc(CC(N(C)C)N3C(=O)C=CC3=O)ccc1C21OC(=O)c2ccc(C(N)=O)cc21)N1C(=O)C=CC1=O. The molecule has 5 aliphatic heterocycles. The van der Waals surface area contributed by atoms with Gasteiger partial charge >= 0.3 is 5.97 Å². The highest BCUT2D eigenvalue weighted by atomic mass is 28.3. The van der Waals surface area contributed by atoms with E-state index < -0.39 is 37.9 Å². The molecule has 3 aromatic rings. The number of ether oxygens (including phenoxy) is 1. The normalized spacial score (nSPS) is 21.9. The molecule has 0 saturated carbocycles. The first-order valence-corrected chi connectivity index (χ1v) is 21.1. The number of likely N-dealkylation sites (N-methyl/N-ethyl adjacent to an activating group) is 2. The summed E-state index contributed by atoms with van der Waals surface area (Å²) in [6, 6.07) is 19.2. The number of nitrogens with zero attached hydrogens (tertiary/aromatic N) is 4. The molecule has 282 valence electrons. The van der Waals surface area contributed by atoms with Gasteiger partial charge in [-0.1, -0.05) is 55.7 Å². The van der Waals surface area contributed by atoms with E-state index in [0.717, 1.165) is 64.0 Å². The third-order valence-corrected chi connectivity index (χ3v) is 17.4. The van der Waals surface area contributed by atoms with Crippen molar-refractivity contribution in [3.8, 4) is 0 Å². The summed E-state index contributed by atoms with van der Waals surface area (Å²) in [5.41, 5.74) is 9.14. The number of nitrogens with two attached hydrogens (primary N) is 1. The second-order valence-corrected chi connectivity index (χ2v) is 19.9. The van der Waals surface area contributed by atoms with Gasteiger partial charge in [-0.05, 0) is 80.0 Å². The zero-order valence-corrected chi connectivity index (χ0v) is 32.3. The van der Waals surface area contributed by atoms with E-state index in [1.807, 2.05) is 62.3 Å². The van der Waals surface area contributed by atoms with Crippen molar-refractivity contribution < 1.29 is 33.5 Å². The summed E-state index contributed by atoms with van der Waals surface area (Å²) in [6.45, 7) is 0. The molecule has 3 aromatic carbocycles. The van der Waals surface area contributed by atoms with Crippen LogP contribution in [0.4, 0.5) is 0 Å². The summed E-state index contributed by atoms with van der Waals surface area (Å²) in [4.78, 5) is 84.3. The van der Waals surface area contributed by atoms with E-state index in [4.69, 9.17) is 10.5 Å². The van der Waals surface area contributed by atoms with E-state index in [1.54, 1.807) is 18.2 Å². The fraction of sp³-hybridized carbons (Fsp3) is 0.333. The van der Waals surface area contributed by atoms with Crippen LogP contribution in [0.25, 0.3) is 0 Å². The molecule has 1 fully saturated rings. The summed E-state index contributed by atoms with van der Waals surface area (Å²) in [5, 5.41) is 2.24. The van der Waals surface area contributed by atoms with Crippen LogP contribution in [-0.4, -0.2) is 104 Å². The second-order valence-electron chi connectivity index (χ2n) is 15.7. The first-order valence-electron chi connectivity index (χ1n) is 18.7. The van der Waals surface area contributed by atoms with Crippen molar-refractivity contribution in [2.24, 2.45) is 5.73 Å². The largest absolute Gasteiger partial charge is 0.441 e. The number of rotatable bonds is 9. The number of amides is 5. The standard InChI is InChI=1S/C42H43N5O7Si/c1-44(2)34(46-36(48)14-15-37(46)49)22-25-8-12-29-32(20-25)55(18-6-5-7-19-55)33-21-26(23-35(45(3)4)47-38(50)16-17-39(47)51)9-13-30(33)42(29)31-24-27(40(43)52)10-11-28(31)41(53)54-42/h8-17,20-21,24,34-35H,5-7,18-19,22-23H2,1-4H3,(H2,43,52). The number of hydrogen-bond acceptors (Lipinski definition) is 9. The monoisotopic (exact) mass is 757 g/mol. The summed E-state index contributed by atoms with van der Waals surface area (Å²) >= 11 is 0. The van der Waals surface area contributed by atoms with Crippen LogP contribution >= 0.6 is 0 Å². The molecule has 2 unspecified atom stereocenters. The van der Waals surface area contributed by atoms with Gasteiger partial charge in [0.25, 0.3) is 23.6 Å². The number of carbonyl (C=O) groups excluding carboxylic acids is 6. The third-order valence-electron chi connectivity index (χ3n) is 12.1. The molecule has 2 atom stereocenters. The average Bonchev–Trinajstić information content (AvgIpc) is 3.79. The summed E-state index contributed by atoms with van der Waals surface area (Å²) < 4.78 is 6.62.